The van der Waals surface area contributed by atoms with Crippen LogP contribution in [0.1, 0.15) is 22.3 Å². The molecule has 0 radical (unpaired) electrons. The minimum Gasteiger partial charge on any atom is -0.480 e. The van der Waals surface area contributed by atoms with Crippen LogP contribution >= 0.6 is 0 Å². The molecular weight excluding hydrogens is 446 g/mol. The number of nitrogens with one attached hydrogen (secondary N) is 2. The lowest BCUT2D eigenvalue weighted by molar-refractivity contribution is -0.142. The lowest BCUT2D eigenvalue weighted by Gasteiger charge is -2.22. The number of amides is 2. The standard InChI is InChI=1S/C27H25N3O5/c28-17-22-14-8-7-13-21(22)16-24(26(32)33)29-25(31)23(15-19-9-3-1-4-10-19)30-27(34)35-18-20-11-5-2-6-12-20/h1-14,23-24H,15-16,18H2,(H,29,31)(H,30,34)(H,32,33)/t23-,24+/m1/s1. The predicted octanol–water partition coefficient (Wildman–Crippen LogP) is 3.21. The van der Waals surface area contributed by atoms with Crippen molar-refractivity contribution >= 4 is 18.0 Å². The summed E-state index contributed by atoms with van der Waals surface area (Å²) in [5.74, 6) is -1.93. The normalized spacial score (nSPS) is 12.0. The summed E-state index contributed by atoms with van der Waals surface area (Å²) in [5, 5.41) is 24.0. The van der Waals surface area contributed by atoms with Gasteiger partial charge < -0.3 is 20.5 Å². The zero-order valence-electron chi connectivity index (χ0n) is 18.9. The largest absolute Gasteiger partial charge is 0.480 e. The van der Waals surface area contributed by atoms with Crippen LogP contribution in [0, 0.1) is 11.3 Å². The molecule has 3 aromatic carbocycles. The van der Waals surface area contributed by atoms with E-state index in [1.54, 1.807) is 60.7 Å². The lowest BCUT2D eigenvalue weighted by Crippen LogP contribution is -2.53. The summed E-state index contributed by atoms with van der Waals surface area (Å²) in [4.78, 5) is 37.4. The molecule has 0 saturated heterocycles. The molecule has 0 unspecified atom stereocenters. The number of alkyl carbamates (subject to hydrolysis) is 1. The highest BCUT2D eigenvalue weighted by atomic mass is 16.5. The third-order valence-corrected chi connectivity index (χ3v) is 5.28. The Bertz CT molecular complexity index is 1190. The molecule has 0 saturated carbocycles. The maximum absolute atomic E-state index is 13.1. The number of aliphatic carboxylic acids is 1. The summed E-state index contributed by atoms with van der Waals surface area (Å²) < 4.78 is 5.24. The molecule has 35 heavy (non-hydrogen) atoms. The van der Waals surface area contributed by atoms with Crippen LogP contribution in [-0.4, -0.2) is 35.2 Å². The Morgan fingerprint density at radius 2 is 1.40 bits per heavy atom. The van der Waals surface area contributed by atoms with E-state index < -0.39 is 30.1 Å². The molecule has 178 valence electrons. The number of rotatable bonds is 10. The number of benzene rings is 3. The van der Waals surface area contributed by atoms with Crippen LogP contribution in [0.5, 0.6) is 0 Å². The number of nitrogens with zero attached hydrogens (tertiary/aromatic N) is 1. The summed E-state index contributed by atoms with van der Waals surface area (Å²) in [6.07, 6.45) is -0.748. The van der Waals surface area contributed by atoms with E-state index in [0.717, 1.165) is 11.1 Å². The fraction of sp³-hybridized carbons (Fsp3) is 0.185. The van der Waals surface area contributed by atoms with E-state index in [0.29, 0.717) is 11.1 Å². The Hall–Kier alpha value is -4.64. The Balaban J connectivity index is 1.72. The van der Waals surface area contributed by atoms with Crippen molar-refractivity contribution in [2.75, 3.05) is 0 Å². The van der Waals surface area contributed by atoms with Gasteiger partial charge in [-0.2, -0.15) is 5.26 Å². The van der Waals surface area contributed by atoms with E-state index >= 15 is 0 Å². The number of hydrogen-bond donors (Lipinski definition) is 3. The van der Waals surface area contributed by atoms with Crippen molar-refractivity contribution in [2.24, 2.45) is 0 Å². The van der Waals surface area contributed by atoms with E-state index in [2.05, 4.69) is 10.6 Å². The third kappa shape index (κ3) is 7.72. The van der Waals surface area contributed by atoms with Gasteiger partial charge in [-0.3, -0.25) is 4.79 Å². The van der Waals surface area contributed by atoms with Crippen molar-refractivity contribution in [2.45, 2.75) is 31.5 Å². The second-order valence-electron chi connectivity index (χ2n) is 7.82. The van der Waals surface area contributed by atoms with Crippen LogP contribution in [0.4, 0.5) is 4.79 Å². The molecule has 3 N–H and O–H groups in total. The van der Waals surface area contributed by atoms with E-state index in [4.69, 9.17) is 4.74 Å². The van der Waals surface area contributed by atoms with Crippen molar-refractivity contribution in [3.05, 3.63) is 107 Å². The van der Waals surface area contributed by atoms with Crippen LogP contribution in [-0.2, 0) is 33.8 Å². The van der Waals surface area contributed by atoms with Gasteiger partial charge in [0.05, 0.1) is 11.6 Å². The summed E-state index contributed by atoms with van der Waals surface area (Å²) in [6.45, 7) is 0.0229. The molecular formula is C27H25N3O5. The molecule has 3 aromatic rings. The van der Waals surface area contributed by atoms with Gasteiger partial charge >= 0.3 is 12.1 Å². The SMILES string of the molecule is N#Cc1ccccc1C[C@H](NC(=O)[C@@H](Cc1ccccc1)NC(=O)OCc1ccccc1)C(=O)O. The molecule has 0 fully saturated rings. The van der Waals surface area contributed by atoms with E-state index in [-0.39, 0.29) is 19.4 Å². The molecule has 2 amide bonds. The van der Waals surface area contributed by atoms with Crippen LogP contribution < -0.4 is 10.6 Å². The van der Waals surface area contributed by atoms with Gasteiger partial charge in [-0.25, -0.2) is 9.59 Å². The predicted molar refractivity (Wildman–Crippen MR) is 128 cm³/mol. The first-order valence-electron chi connectivity index (χ1n) is 11.0. The zero-order valence-corrected chi connectivity index (χ0v) is 18.9. The zero-order chi connectivity index (χ0) is 25.0. The number of carbonyl (C=O) groups is 3. The fourth-order valence-corrected chi connectivity index (χ4v) is 3.47. The highest BCUT2D eigenvalue weighted by molar-refractivity contribution is 5.89. The molecule has 8 heteroatoms. The van der Waals surface area contributed by atoms with Crippen molar-refractivity contribution in [1.29, 1.82) is 5.26 Å². The number of ether oxygens (including phenoxy) is 1. The molecule has 0 heterocycles. The van der Waals surface area contributed by atoms with E-state index in [1.165, 1.54) is 0 Å². The van der Waals surface area contributed by atoms with E-state index in [1.807, 2.05) is 30.3 Å². The van der Waals surface area contributed by atoms with Crippen molar-refractivity contribution < 1.29 is 24.2 Å². The monoisotopic (exact) mass is 471 g/mol. The lowest BCUT2D eigenvalue weighted by atomic mass is 10.00. The average Bonchev–Trinajstić information content (AvgIpc) is 2.88. The van der Waals surface area contributed by atoms with Crippen molar-refractivity contribution in [1.82, 2.24) is 10.6 Å². The number of carboxylic acids is 1. The number of carboxylic acid groups (broad SMARTS) is 1. The molecule has 0 spiro atoms. The number of nitriles is 1. The topological polar surface area (TPSA) is 129 Å². The number of hydrogen-bond acceptors (Lipinski definition) is 5. The smallest absolute Gasteiger partial charge is 0.408 e. The van der Waals surface area contributed by atoms with Crippen LogP contribution in [0.2, 0.25) is 0 Å². The van der Waals surface area contributed by atoms with Gasteiger partial charge in [0, 0.05) is 12.8 Å². The Labute approximate surface area is 203 Å². The molecule has 0 aliphatic carbocycles. The van der Waals surface area contributed by atoms with Crippen LogP contribution in [0.25, 0.3) is 0 Å². The second-order valence-corrected chi connectivity index (χ2v) is 7.82. The highest BCUT2D eigenvalue weighted by Crippen LogP contribution is 2.11. The molecule has 0 aliphatic heterocycles. The maximum atomic E-state index is 13.1. The minimum absolute atomic E-state index is 0.0229. The van der Waals surface area contributed by atoms with Crippen molar-refractivity contribution in [3.8, 4) is 6.07 Å². The molecule has 3 rings (SSSR count). The van der Waals surface area contributed by atoms with Gasteiger partial charge in [-0.15, -0.1) is 0 Å². The first kappa shape index (κ1) is 25.0. The highest BCUT2D eigenvalue weighted by Gasteiger charge is 2.28. The van der Waals surface area contributed by atoms with E-state index in [9.17, 15) is 24.8 Å². The quantitative estimate of drug-likeness (QED) is 0.417. The van der Waals surface area contributed by atoms with Crippen molar-refractivity contribution in [3.63, 3.8) is 0 Å². The Morgan fingerprint density at radius 1 is 0.800 bits per heavy atom. The summed E-state index contributed by atoms with van der Waals surface area (Å²) in [6, 6.07) is 24.4. The molecule has 0 bridgehead atoms. The van der Waals surface area contributed by atoms with Gasteiger partial charge in [0.2, 0.25) is 5.91 Å². The summed E-state index contributed by atoms with van der Waals surface area (Å²) in [5.41, 5.74) is 2.39. The minimum atomic E-state index is -1.29. The summed E-state index contributed by atoms with van der Waals surface area (Å²) >= 11 is 0. The molecule has 0 aliphatic rings. The van der Waals surface area contributed by atoms with Gasteiger partial charge in [0.15, 0.2) is 0 Å². The van der Waals surface area contributed by atoms with Gasteiger partial charge in [-0.1, -0.05) is 78.9 Å². The van der Waals surface area contributed by atoms with Crippen LogP contribution in [0.3, 0.4) is 0 Å². The maximum Gasteiger partial charge on any atom is 0.408 e. The number of carbonyl (C=O) groups excluding carboxylic acids is 2. The first-order chi connectivity index (χ1) is 17.0. The molecule has 0 aromatic heterocycles. The van der Waals surface area contributed by atoms with Gasteiger partial charge in [-0.05, 0) is 22.8 Å². The second kappa shape index (κ2) is 12.6. The Morgan fingerprint density at radius 3 is 2.03 bits per heavy atom. The first-order valence-corrected chi connectivity index (χ1v) is 11.0. The molecule has 8 nitrogen and oxygen atoms in total. The summed E-state index contributed by atoms with van der Waals surface area (Å²) in [7, 11) is 0. The molecule has 2 atom stereocenters. The fourth-order valence-electron chi connectivity index (χ4n) is 3.47. The van der Waals surface area contributed by atoms with Gasteiger partial charge in [0.25, 0.3) is 0 Å². The van der Waals surface area contributed by atoms with Crippen LogP contribution in [0.15, 0.2) is 84.9 Å². The average molecular weight is 472 g/mol. The van der Waals surface area contributed by atoms with Gasteiger partial charge in [0.1, 0.15) is 18.7 Å². The Kier molecular flexibility index (Phi) is 8.97. The third-order valence-electron chi connectivity index (χ3n) is 5.28.